The fraction of sp³-hybridized carbons (Fsp3) is 0.364. The van der Waals surface area contributed by atoms with Crippen molar-refractivity contribution in [2.75, 3.05) is 13.2 Å². The number of phenolic OH excluding ortho intramolecular Hbond substituents is 1. The van der Waals surface area contributed by atoms with Crippen molar-refractivity contribution in [2.24, 2.45) is 0 Å². The first-order valence-corrected chi connectivity index (χ1v) is 5.03. The van der Waals surface area contributed by atoms with Gasteiger partial charge in [0.05, 0.1) is 12.6 Å². The highest BCUT2D eigenvalue weighted by atomic mass is 16.5. The zero-order valence-electron chi connectivity index (χ0n) is 8.59. The molecule has 1 aliphatic heterocycles. The van der Waals surface area contributed by atoms with Crippen LogP contribution in [0.2, 0.25) is 0 Å². The van der Waals surface area contributed by atoms with E-state index >= 15 is 0 Å². The summed E-state index contributed by atoms with van der Waals surface area (Å²) in [6.45, 7) is 0.566. The highest BCUT2D eigenvalue weighted by Crippen LogP contribution is 2.21. The average molecular weight is 223 g/mol. The van der Waals surface area contributed by atoms with Crippen molar-refractivity contribution in [3.05, 3.63) is 29.8 Å². The predicted octanol–water partition coefficient (Wildman–Crippen LogP) is 0.506. The van der Waals surface area contributed by atoms with Crippen molar-refractivity contribution < 1.29 is 19.7 Å². The van der Waals surface area contributed by atoms with Gasteiger partial charge < -0.3 is 20.3 Å². The maximum Gasteiger partial charge on any atom is 0.334 e. The molecule has 0 aliphatic carbocycles. The number of carboxylic acid groups (broad SMARTS) is 1. The molecular formula is C11H13NO4. The van der Waals surface area contributed by atoms with E-state index in [1.165, 1.54) is 0 Å². The van der Waals surface area contributed by atoms with Gasteiger partial charge in [0.15, 0.2) is 6.10 Å². The molecule has 16 heavy (non-hydrogen) atoms. The molecular weight excluding hydrogens is 210 g/mol. The minimum Gasteiger partial charge on any atom is -0.508 e. The number of hydrogen-bond donors (Lipinski definition) is 3. The van der Waals surface area contributed by atoms with E-state index in [2.05, 4.69) is 5.32 Å². The van der Waals surface area contributed by atoms with E-state index < -0.39 is 12.1 Å². The molecule has 0 aromatic heterocycles. The van der Waals surface area contributed by atoms with E-state index in [9.17, 15) is 9.90 Å². The summed E-state index contributed by atoms with van der Waals surface area (Å²) in [5, 5.41) is 21.1. The number of carbonyl (C=O) groups is 1. The van der Waals surface area contributed by atoms with E-state index in [0.29, 0.717) is 6.61 Å². The van der Waals surface area contributed by atoms with Gasteiger partial charge in [0.1, 0.15) is 5.75 Å². The van der Waals surface area contributed by atoms with Gasteiger partial charge in [-0.15, -0.1) is 0 Å². The van der Waals surface area contributed by atoms with Crippen molar-refractivity contribution in [3.8, 4) is 5.75 Å². The van der Waals surface area contributed by atoms with Gasteiger partial charge in [-0.1, -0.05) is 12.1 Å². The Kier molecular flexibility index (Phi) is 3.07. The number of aromatic hydroxyl groups is 1. The molecule has 1 aromatic carbocycles. The smallest absolute Gasteiger partial charge is 0.334 e. The summed E-state index contributed by atoms with van der Waals surface area (Å²) in [5.74, 6) is -0.762. The molecule has 2 unspecified atom stereocenters. The predicted molar refractivity (Wildman–Crippen MR) is 56.2 cm³/mol. The van der Waals surface area contributed by atoms with Crippen molar-refractivity contribution in [1.29, 1.82) is 0 Å². The Morgan fingerprint density at radius 2 is 2.31 bits per heavy atom. The summed E-state index contributed by atoms with van der Waals surface area (Å²) in [7, 11) is 0. The van der Waals surface area contributed by atoms with Crippen LogP contribution in [0.4, 0.5) is 0 Å². The Bertz CT molecular complexity index is 385. The minimum absolute atomic E-state index is 0.0669. The third-order valence-electron chi connectivity index (χ3n) is 2.56. The van der Waals surface area contributed by atoms with Gasteiger partial charge in [0.2, 0.25) is 0 Å². The summed E-state index contributed by atoms with van der Waals surface area (Å²) in [6.07, 6.45) is -0.784. The Morgan fingerprint density at radius 1 is 1.50 bits per heavy atom. The van der Waals surface area contributed by atoms with Crippen LogP contribution in [0.1, 0.15) is 11.6 Å². The molecule has 1 aliphatic rings. The lowest BCUT2D eigenvalue weighted by molar-refractivity contribution is -0.153. The normalized spacial score (nSPS) is 25.2. The molecule has 5 nitrogen and oxygen atoms in total. The summed E-state index contributed by atoms with van der Waals surface area (Å²) in [6, 6.07) is 6.77. The fourth-order valence-electron chi connectivity index (χ4n) is 1.69. The molecule has 1 fully saturated rings. The van der Waals surface area contributed by atoms with E-state index in [0.717, 1.165) is 5.56 Å². The van der Waals surface area contributed by atoms with Crippen molar-refractivity contribution in [2.45, 2.75) is 12.1 Å². The standard InChI is InChI=1S/C11H13NO4/c13-8-3-1-2-7(4-8)9-6-16-10(5-12-9)11(14)15/h1-4,9-10,12-13H,5-6H2,(H,14,15). The Balaban J connectivity index is 2.01. The van der Waals surface area contributed by atoms with Crippen LogP contribution in [0.5, 0.6) is 5.75 Å². The Labute approximate surface area is 92.7 Å². The van der Waals surface area contributed by atoms with Gasteiger partial charge in [-0.25, -0.2) is 4.79 Å². The number of nitrogens with one attached hydrogen (secondary N) is 1. The monoisotopic (exact) mass is 223 g/mol. The molecule has 1 saturated heterocycles. The quantitative estimate of drug-likeness (QED) is 0.680. The number of aliphatic carboxylic acids is 1. The maximum atomic E-state index is 10.6. The van der Waals surface area contributed by atoms with Crippen LogP contribution in [0.25, 0.3) is 0 Å². The van der Waals surface area contributed by atoms with Gasteiger partial charge in [-0.2, -0.15) is 0 Å². The summed E-state index contributed by atoms with van der Waals surface area (Å²) in [5.41, 5.74) is 0.892. The first kappa shape index (κ1) is 10.9. The van der Waals surface area contributed by atoms with Gasteiger partial charge in [-0.05, 0) is 17.7 Å². The molecule has 2 rings (SSSR count). The second-order valence-corrected chi connectivity index (χ2v) is 3.72. The van der Waals surface area contributed by atoms with Crippen LogP contribution in [0.15, 0.2) is 24.3 Å². The SMILES string of the molecule is O=C(O)C1CNC(c2cccc(O)c2)CO1. The molecule has 1 aromatic rings. The second kappa shape index (κ2) is 4.51. The van der Waals surface area contributed by atoms with Crippen LogP contribution in [0, 0.1) is 0 Å². The van der Waals surface area contributed by atoms with Gasteiger partial charge in [0.25, 0.3) is 0 Å². The van der Waals surface area contributed by atoms with Gasteiger partial charge >= 0.3 is 5.97 Å². The lowest BCUT2D eigenvalue weighted by Crippen LogP contribution is -2.44. The molecule has 0 bridgehead atoms. The zero-order chi connectivity index (χ0) is 11.5. The topological polar surface area (TPSA) is 78.8 Å². The fourth-order valence-corrected chi connectivity index (χ4v) is 1.69. The van der Waals surface area contributed by atoms with Crippen molar-refractivity contribution in [3.63, 3.8) is 0 Å². The van der Waals surface area contributed by atoms with E-state index in [1.54, 1.807) is 18.2 Å². The number of carboxylic acids is 1. The molecule has 1 heterocycles. The molecule has 0 radical (unpaired) electrons. The molecule has 0 saturated carbocycles. The summed E-state index contributed by atoms with van der Waals surface area (Å²) < 4.78 is 5.20. The third-order valence-corrected chi connectivity index (χ3v) is 2.56. The first-order chi connectivity index (χ1) is 7.66. The largest absolute Gasteiger partial charge is 0.508 e. The minimum atomic E-state index is -0.957. The van der Waals surface area contributed by atoms with E-state index in [4.69, 9.17) is 9.84 Å². The van der Waals surface area contributed by atoms with Crippen molar-refractivity contribution >= 4 is 5.97 Å². The Morgan fingerprint density at radius 3 is 2.88 bits per heavy atom. The highest BCUT2D eigenvalue weighted by molar-refractivity contribution is 5.72. The average Bonchev–Trinajstić information content (AvgIpc) is 2.29. The van der Waals surface area contributed by atoms with E-state index in [-0.39, 0.29) is 18.3 Å². The van der Waals surface area contributed by atoms with Gasteiger partial charge in [0, 0.05) is 6.54 Å². The lowest BCUT2D eigenvalue weighted by Gasteiger charge is -2.28. The van der Waals surface area contributed by atoms with Crippen LogP contribution in [-0.2, 0) is 9.53 Å². The number of hydrogen-bond acceptors (Lipinski definition) is 4. The van der Waals surface area contributed by atoms with E-state index in [1.807, 2.05) is 6.07 Å². The third kappa shape index (κ3) is 2.32. The number of rotatable bonds is 2. The molecule has 5 heteroatoms. The Hall–Kier alpha value is -1.59. The van der Waals surface area contributed by atoms with Crippen LogP contribution in [0.3, 0.4) is 0 Å². The molecule has 0 amide bonds. The lowest BCUT2D eigenvalue weighted by atomic mass is 10.1. The molecule has 2 atom stereocenters. The van der Waals surface area contributed by atoms with Crippen LogP contribution in [-0.4, -0.2) is 35.4 Å². The first-order valence-electron chi connectivity index (χ1n) is 5.03. The summed E-state index contributed by atoms with van der Waals surface area (Å²) in [4.78, 5) is 10.6. The maximum absolute atomic E-state index is 10.6. The van der Waals surface area contributed by atoms with Crippen LogP contribution < -0.4 is 5.32 Å². The molecule has 0 spiro atoms. The van der Waals surface area contributed by atoms with Gasteiger partial charge in [-0.3, -0.25) is 0 Å². The number of phenols is 1. The second-order valence-electron chi connectivity index (χ2n) is 3.72. The van der Waals surface area contributed by atoms with Crippen molar-refractivity contribution in [1.82, 2.24) is 5.32 Å². The number of morpholine rings is 1. The summed E-state index contributed by atoms with van der Waals surface area (Å²) >= 11 is 0. The molecule has 3 N–H and O–H groups in total. The number of benzene rings is 1. The number of ether oxygens (including phenoxy) is 1. The zero-order valence-corrected chi connectivity index (χ0v) is 8.59. The molecule has 86 valence electrons. The van der Waals surface area contributed by atoms with Crippen LogP contribution >= 0.6 is 0 Å². The highest BCUT2D eigenvalue weighted by Gasteiger charge is 2.26.